The van der Waals surface area contributed by atoms with Gasteiger partial charge in [0.05, 0.1) is 11.6 Å². The maximum atomic E-state index is 9.05. The van der Waals surface area contributed by atoms with Gasteiger partial charge in [0.15, 0.2) is 0 Å². The highest BCUT2D eigenvalue weighted by Crippen LogP contribution is 2.34. The summed E-state index contributed by atoms with van der Waals surface area (Å²) in [6.07, 6.45) is 0. The second kappa shape index (κ2) is 8.01. The molecule has 1 heteroatoms. The Morgan fingerprint density at radius 1 is 0.533 bits per heavy atom. The molecular formula is C29H25N. The van der Waals surface area contributed by atoms with Crippen LogP contribution in [0.15, 0.2) is 97.1 Å². The van der Waals surface area contributed by atoms with Crippen LogP contribution in [-0.2, 0) is 5.41 Å². The Morgan fingerprint density at radius 2 is 1.03 bits per heavy atom. The predicted molar refractivity (Wildman–Crippen MR) is 126 cm³/mol. The Balaban J connectivity index is 1.82. The third kappa shape index (κ3) is 4.19. The summed E-state index contributed by atoms with van der Waals surface area (Å²) < 4.78 is 0. The van der Waals surface area contributed by atoms with Crippen molar-refractivity contribution in [2.24, 2.45) is 0 Å². The molecular weight excluding hydrogens is 362 g/mol. The van der Waals surface area contributed by atoms with Crippen LogP contribution in [0, 0.1) is 11.3 Å². The van der Waals surface area contributed by atoms with Gasteiger partial charge in [-0.15, -0.1) is 0 Å². The molecule has 0 unspecified atom stereocenters. The fourth-order valence-corrected chi connectivity index (χ4v) is 3.64. The summed E-state index contributed by atoms with van der Waals surface area (Å²) in [6.45, 7) is 6.77. The van der Waals surface area contributed by atoms with Crippen molar-refractivity contribution in [3.63, 3.8) is 0 Å². The van der Waals surface area contributed by atoms with Gasteiger partial charge in [-0.3, -0.25) is 0 Å². The first kappa shape index (κ1) is 19.7. The molecule has 4 rings (SSSR count). The van der Waals surface area contributed by atoms with Crippen LogP contribution in [0.25, 0.3) is 33.4 Å². The third-order valence-electron chi connectivity index (χ3n) is 5.45. The van der Waals surface area contributed by atoms with Crippen molar-refractivity contribution in [2.75, 3.05) is 0 Å². The molecule has 0 aliphatic heterocycles. The molecule has 0 saturated carbocycles. The maximum Gasteiger partial charge on any atom is 0.0991 e. The minimum absolute atomic E-state index is 0.0598. The summed E-state index contributed by atoms with van der Waals surface area (Å²) in [6, 6.07) is 36.0. The zero-order valence-electron chi connectivity index (χ0n) is 17.7. The van der Waals surface area contributed by atoms with Gasteiger partial charge in [-0.25, -0.2) is 0 Å². The molecule has 4 aromatic rings. The van der Waals surface area contributed by atoms with E-state index < -0.39 is 0 Å². The van der Waals surface area contributed by atoms with Crippen molar-refractivity contribution in [1.82, 2.24) is 0 Å². The fraction of sp³-hybridized carbons (Fsp3) is 0.138. The SMILES string of the molecule is CC(C)(C)c1cc(-c2ccccc2)cc(-c2cccc(-c3ccc(C#N)cc3)c2)c1. The zero-order valence-corrected chi connectivity index (χ0v) is 17.7. The molecule has 0 heterocycles. The van der Waals surface area contributed by atoms with E-state index in [0.29, 0.717) is 5.56 Å². The Kier molecular flexibility index (Phi) is 5.25. The van der Waals surface area contributed by atoms with E-state index in [0.717, 1.165) is 11.1 Å². The van der Waals surface area contributed by atoms with Gasteiger partial charge in [0.1, 0.15) is 0 Å². The zero-order chi connectivity index (χ0) is 21.1. The lowest BCUT2D eigenvalue weighted by Gasteiger charge is -2.22. The van der Waals surface area contributed by atoms with E-state index in [4.69, 9.17) is 5.26 Å². The fourth-order valence-electron chi connectivity index (χ4n) is 3.64. The Labute approximate surface area is 179 Å². The first-order valence-electron chi connectivity index (χ1n) is 10.3. The number of benzene rings is 4. The maximum absolute atomic E-state index is 9.05. The molecule has 1 nitrogen and oxygen atoms in total. The summed E-state index contributed by atoms with van der Waals surface area (Å²) in [4.78, 5) is 0. The number of hydrogen-bond donors (Lipinski definition) is 0. The van der Waals surface area contributed by atoms with E-state index in [1.165, 1.54) is 27.8 Å². The van der Waals surface area contributed by atoms with Gasteiger partial charge in [-0.2, -0.15) is 5.26 Å². The summed E-state index contributed by atoms with van der Waals surface area (Å²) in [5.41, 5.74) is 9.21. The normalized spacial score (nSPS) is 11.1. The Hall–Kier alpha value is -3.63. The summed E-state index contributed by atoms with van der Waals surface area (Å²) in [5, 5.41) is 9.05. The first-order valence-corrected chi connectivity index (χ1v) is 10.3. The van der Waals surface area contributed by atoms with Crippen LogP contribution in [0.4, 0.5) is 0 Å². The van der Waals surface area contributed by atoms with Crippen LogP contribution < -0.4 is 0 Å². The molecule has 146 valence electrons. The smallest absolute Gasteiger partial charge is 0.0991 e. The van der Waals surface area contributed by atoms with E-state index in [9.17, 15) is 0 Å². The number of nitrogens with zero attached hydrogens (tertiary/aromatic N) is 1. The molecule has 0 saturated heterocycles. The van der Waals surface area contributed by atoms with Gasteiger partial charge in [-0.05, 0) is 68.6 Å². The second-order valence-electron chi connectivity index (χ2n) is 8.69. The highest BCUT2D eigenvalue weighted by Gasteiger charge is 2.16. The highest BCUT2D eigenvalue weighted by molar-refractivity contribution is 5.78. The van der Waals surface area contributed by atoms with Gasteiger partial charge in [0.2, 0.25) is 0 Å². The molecule has 0 radical (unpaired) electrons. The lowest BCUT2D eigenvalue weighted by atomic mass is 9.83. The van der Waals surface area contributed by atoms with Gasteiger partial charge in [-0.1, -0.05) is 93.6 Å². The molecule has 0 bridgehead atoms. The number of rotatable bonds is 3. The quantitative estimate of drug-likeness (QED) is 0.351. The minimum atomic E-state index is 0.0598. The van der Waals surface area contributed by atoms with E-state index in [2.05, 4.69) is 99.6 Å². The van der Waals surface area contributed by atoms with Crippen molar-refractivity contribution in [3.8, 4) is 39.4 Å². The lowest BCUT2D eigenvalue weighted by Crippen LogP contribution is -2.11. The molecule has 0 aliphatic rings. The second-order valence-corrected chi connectivity index (χ2v) is 8.69. The predicted octanol–water partition coefficient (Wildman–Crippen LogP) is 7.86. The molecule has 0 fully saturated rings. The van der Waals surface area contributed by atoms with E-state index in [-0.39, 0.29) is 5.41 Å². The van der Waals surface area contributed by atoms with Gasteiger partial charge < -0.3 is 0 Å². The van der Waals surface area contributed by atoms with Gasteiger partial charge >= 0.3 is 0 Å². The molecule has 30 heavy (non-hydrogen) atoms. The lowest BCUT2D eigenvalue weighted by molar-refractivity contribution is 0.590. The molecule has 4 aromatic carbocycles. The van der Waals surface area contributed by atoms with E-state index >= 15 is 0 Å². The van der Waals surface area contributed by atoms with Crippen molar-refractivity contribution in [1.29, 1.82) is 5.26 Å². The molecule has 0 aromatic heterocycles. The molecule has 0 aliphatic carbocycles. The molecule has 0 spiro atoms. The Morgan fingerprint density at radius 3 is 1.63 bits per heavy atom. The van der Waals surface area contributed by atoms with Crippen molar-refractivity contribution < 1.29 is 0 Å². The third-order valence-corrected chi connectivity index (χ3v) is 5.45. The van der Waals surface area contributed by atoms with Crippen molar-refractivity contribution >= 4 is 0 Å². The first-order chi connectivity index (χ1) is 14.4. The molecule has 0 N–H and O–H groups in total. The van der Waals surface area contributed by atoms with Crippen molar-refractivity contribution in [2.45, 2.75) is 26.2 Å². The Bertz CT molecular complexity index is 1200. The van der Waals surface area contributed by atoms with Crippen molar-refractivity contribution in [3.05, 3.63) is 108 Å². The minimum Gasteiger partial charge on any atom is -0.192 e. The average molecular weight is 388 g/mol. The standard InChI is InChI=1S/C29H25N/c1-29(2,3)28-18-26(22-8-5-4-6-9-22)17-27(19-28)25-11-7-10-24(16-25)23-14-12-21(20-30)13-15-23/h4-19H,1-3H3. The van der Waals surface area contributed by atoms with Crippen LogP contribution in [0.5, 0.6) is 0 Å². The molecule has 0 atom stereocenters. The summed E-state index contributed by atoms with van der Waals surface area (Å²) >= 11 is 0. The van der Waals surface area contributed by atoms with Crippen LogP contribution in [0.3, 0.4) is 0 Å². The van der Waals surface area contributed by atoms with Crippen LogP contribution >= 0.6 is 0 Å². The van der Waals surface area contributed by atoms with Crippen LogP contribution in [-0.4, -0.2) is 0 Å². The topological polar surface area (TPSA) is 23.8 Å². The summed E-state index contributed by atoms with van der Waals surface area (Å²) in [5.74, 6) is 0. The number of nitriles is 1. The van der Waals surface area contributed by atoms with Gasteiger partial charge in [0, 0.05) is 0 Å². The van der Waals surface area contributed by atoms with Crippen LogP contribution in [0.1, 0.15) is 31.9 Å². The van der Waals surface area contributed by atoms with Gasteiger partial charge in [0.25, 0.3) is 0 Å². The van der Waals surface area contributed by atoms with E-state index in [1.54, 1.807) is 0 Å². The van der Waals surface area contributed by atoms with E-state index in [1.807, 2.05) is 24.3 Å². The largest absolute Gasteiger partial charge is 0.192 e. The highest BCUT2D eigenvalue weighted by atomic mass is 14.2. The molecule has 0 amide bonds. The number of hydrogen-bond acceptors (Lipinski definition) is 1. The van der Waals surface area contributed by atoms with Crippen LogP contribution in [0.2, 0.25) is 0 Å². The monoisotopic (exact) mass is 387 g/mol. The summed E-state index contributed by atoms with van der Waals surface area (Å²) in [7, 11) is 0. The average Bonchev–Trinajstić information content (AvgIpc) is 2.79.